The van der Waals surface area contributed by atoms with E-state index >= 15 is 4.79 Å². The molecular formula is C62H80N6O10. The van der Waals surface area contributed by atoms with Gasteiger partial charge in [0.2, 0.25) is 29.5 Å². The zero-order chi connectivity index (χ0) is 55.6. The van der Waals surface area contributed by atoms with Crippen LogP contribution in [-0.2, 0) is 56.2 Å². The summed E-state index contributed by atoms with van der Waals surface area (Å²) < 4.78 is 18.5. The number of hydrogen-bond donors (Lipinski definition) is 2. The van der Waals surface area contributed by atoms with E-state index in [1.807, 2.05) is 156 Å². The van der Waals surface area contributed by atoms with E-state index in [0.29, 0.717) is 51.9 Å². The highest BCUT2D eigenvalue weighted by Gasteiger charge is 2.57. The Morgan fingerprint density at radius 1 is 0.654 bits per heavy atom. The Labute approximate surface area is 460 Å². The van der Waals surface area contributed by atoms with Crippen LogP contribution in [0.4, 0.5) is 0 Å². The van der Waals surface area contributed by atoms with E-state index in [9.17, 15) is 29.1 Å². The Morgan fingerprint density at radius 3 is 1.56 bits per heavy atom. The molecule has 5 amide bonds. The van der Waals surface area contributed by atoms with Crippen molar-refractivity contribution in [3.63, 3.8) is 0 Å². The first-order valence-corrected chi connectivity index (χ1v) is 27.9. The second kappa shape index (κ2) is 26.0. The fourth-order valence-electron chi connectivity index (χ4n) is 12.4. The zero-order valence-electron chi connectivity index (χ0n) is 46.3. The molecule has 4 fully saturated rings. The smallest absolute Gasteiger partial charge is 0.337 e. The van der Waals surface area contributed by atoms with Gasteiger partial charge in [-0.25, -0.2) is 4.79 Å². The number of aliphatic hydroxyl groups is 1. The van der Waals surface area contributed by atoms with Crippen LogP contribution in [-0.4, -0.2) is 163 Å². The Balaban J connectivity index is 0.998. The van der Waals surface area contributed by atoms with Crippen molar-refractivity contribution in [2.45, 2.75) is 109 Å². The summed E-state index contributed by atoms with van der Waals surface area (Å²) in [7, 11) is 3.61. The molecule has 8 rings (SSSR count). The van der Waals surface area contributed by atoms with E-state index in [4.69, 9.17) is 14.2 Å². The van der Waals surface area contributed by atoms with Gasteiger partial charge in [0.1, 0.15) is 12.1 Å². The van der Waals surface area contributed by atoms with E-state index in [1.54, 1.807) is 26.6 Å². The summed E-state index contributed by atoms with van der Waals surface area (Å²) >= 11 is 0. The van der Waals surface area contributed by atoms with Crippen LogP contribution in [0.25, 0.3) is 0 Å². The molecule has 2 N–H and O–H groups in total. The maximum absolute atomic E-state index is 15.2. The fraction of sp³-hybridized carbons (Fsp3) is 0.516. The van der Waals surface area contributed by atoms with Gasteiger partial charge in [-0.2, -0.15) is 0 Å². The van der Waals surface area contributed by atoms with Crippen molar-refractivity contribution >= 4 is 35.5 Å². The van der Waals surface area contributed by atoms with Crippen LogP contribution in [0.15, 0.2) is 121 Å². The average molecular weight is 1070 g/mol. The molecule has 0 aliphatic carbocycles. The fourth-order valence-corrected chi connectivity index (χ4v) is 12.4. The van der Waals surface area contributed by atoms with Gasteiger partial charge in [-0.1, -0.05) is 149 Å². The first kappa shape index (κ1) is 57.7. The number of amides is 5. The van der Waals surface area contributed by atoms with Gasteiger partial charge in [-0.15, -0.1) is 0 Å². The van der Waals surface area contributed by atoms with Crippen molar-refractivity contribution in [2.24, 2.45) is 22.7 Å². The lowest BCUT2D eigenvalue weighted by Crippen LogP contribution is -2.59. The second-order valence-corrected chi connectivity index (χ2v) is 22.8. The first-order chi connectivity index (χ1) is 37.5. The maximum atomic E-state index is 15.2. The van der Waals surface area contributed by atoms with Gasteiger partial charge in [0, 0.05) is 77.7 Å². The number of nitrogens with zero attached hydrogens (tertiary/aromatic N) is 5. The minimum Gasteiger partial charge on any atom is -0.444 e. The summed E-state index contributed by atoms with van der Waals surface area (Å²) in [5, 5.41) is 14.9. The number of carbonyl (C=O) groups is 6. The monoisotopic (exact) mass is 1070 g/mol. The summed E-state index contributed by atoms with van der Waals surface area (Å²) in [6, 6.07) is 36.8. The van der Waals surface area contributed by atoms with Crippen molar-refractivity contribution in [3.05, 3.63) is 144 Å². The number of rotatable bonds is 22. The highest BCUT2D eigenvalue weighted by Crippen LogP contribution is 2.50. The van der Waals surface area contributed by atoms with Crippen molar-refractivity contribution < 1.29 is 48.1 Å². The van der Waals surface area contributed by atoms with E-state index in [0.717, 1.165) is 22.3 Å². The number of carbonyl (C=O) groups excluding carboxylic acids is 6. The third-order valence-electron chi connectivity index (χ3n) is 16.3. The predicted octanol–water partition coefficient (Wildman–Crippen LogP) is 6.24. The Bertz CT molecular complexity index is 2660. The molecule has 418 valence electrons. The zero-order valence-corrected chi connectivity index (χ0v) is 46.3. The molecule has 4 heterocycles. The quantitative estimate of drug-likeness (QED) is 0.0673. The van der Waals surface area contributed by atoms with Gasteiger partial charge in [0.05, 0.1) is 43.7 Å². The SMILES string of the molecule is CC(C)CN(C(=O)CC(O)C(=O)OC(N[C@H](COCc1ccccc1)C(=O)N1CCC[C@]2(C1)C(=O)N(C)C[C@@H]2c1ccccc1)C(C)C)[C@H](COCc1ccccc1)C(=O)N1CCC[C@]2(C1)C(=O)N(C)C[C@@H]2c1ccccc1. The molecule has 4 saturated heterocycles. The molecule has 16 heteroatoms. The Kier molecular flexibility index (Phi) is 19.2. The van der Waals surface area contributed by atoms with Crippen LogP contribution in [0.1, 0.15) is 93.9 Å². The van der Waals surface area contributed by atoms with Gasteiger partial charge < -0.3 is 43.8 Å². The number of aliphatic hydroxyl groups excluding tert-OH is 1. The van der Waals surface area contributed by atoms with Gasteiger partial charge >= 0.3 is 5.97 Å². The number of hydrogen-bond acceptors (Lipinski definition) is 11. The molecule has 16 nitrogen and oxygen atoms in total. The van der Waals surface area contributed by atoms with Crippen LogP contribution >= 0.6 is 0 Å². The first-order valence-electron chi connectivity index (χ1n) is 27.9. The molecule has 4 aliphatic heterocycles. The lowest BCUT2D eigenvalue weighted by Gasteiger charge is -2.44. The number of ether oxygens (including phenoxy) is 3. The van der Waals surface area contributed by atoms with Crippen molar-refractivity contribution in [1.29, 1.82) is 0 Å². The topological polar surface area (TPSA) is 179 Å². The van der Waals surface area contributed by atoms with E-state index < -0.39 is 59.5 Å². The minimum atomic E-state index is -1.95. The maximum Gasteiger partial charge on any atom is 0.337 e. The van der Waals surface area contributed by atoms with Gasteiger partial charge in [-0.3, -0.25) is 29.3 Å². The van der Waals surface area contributed by atoms with Crippen LogP contribution in [0.5, 0.6) is 0 Å². The number of likely N-dealkylation sites (N-methyl/N-ethyl adjacent to an activating group) is 2. The molecule has 0 bridgehead atoms. The molecule has 0 saturated carbocycles. The molecule has 2 unspecified atom stereocenters. The highest BCUT2D eigenvalue weighted by molar-refractivity contribution is 5.92. The largest absolute Gasteiger partial charge is 0.444 e. The molecule has 0 aromatic heterocycles. The summed E-state index contributed by atoms with van der Waals surface area (Å²) in [5.41, 5.74) is 2.16. The average Bonchev–Trinajstić information content (AvgIpc) is 4.00. The molecule has 0 radical (unpaired) electrons. The van der Waals surface area contributed by atoms with Crippen LogP contribution in [0.3, 0.4) is 0 Å². The summed E-state index contributed by atoms with van der Waals surface area (Å²) in [6.45, 7) is 9.85. The molecule has 78 heavy (non-hydrogen) atoms. The third-order valence-corrected chi connectivity index (χ3v) is 16.3. The van der Waals surface area contributed by atoms with Crippen molar-refractivity contribution in [2.75, 3.05) is 73.1 Å². The number of piperidine rings is 2. The number of esters is 1. The van der Waals surface area contributed by atoms with Gasteiger partial charge in [-0.05, 0) is 53.9 Å². The van der Waals surface area contributed by atoms with Gasteiger partial charge in [0.15, 0.2) is 12.3 Å². The van der Waals surface area contributed by atoms with Crippen molar-refractivity contribution in [3.8, 4) is 0 Å². The lowest BCUT2D eigenvalue weighted by atomic mass is 9.69. The molecule has 4 aromatic rings. The molecular weight excluding hydrogens is 989 g/mol. The lowest BCUT2D eigenvalue weighted by molar-refractivity contribution is -0.168. The minimum absolute atomic E-state index is 0.00373. The van der Waals surface area contributed by atoms with Crippen molar-refractivity contribution in [1.82, 2.24) is 29.8 Å². The van der Waals surface area contributed by atoms with Crippen LogP contribution < -0.4 is 5.32 Å². The van der Waals surface area contributed by atoms with Crippen LogP contribution in [0, 0.1) is 22.7 Å². The number of nitrogens with one attached hydrogen (secondary N) is 1. The summed E-state index contributed by atoms with van der Waals surface area (Å²) in [5.74, 6) is -3.29. The third kappa shape index (κ3) is 13.2. The second-order valence-electron chi connectivity index (χ2n) is 22.8. The Morgan fingerprint density at radius 2 is 1.10 bits per heavy atom. The number of likely N-dealkylation sites (tertiary alicyclic amines) is 4. The number of benzene rings is 4. The van der Waals surface area contributed by atoms with Gasteiger partial charge in [0.25, 0.3) is 0 Å². The van der Waals surface area contributed by atoms with E-state index in [2.05, 4.69) is 5.32 Å². The summed E-state index contributed by atoms with van der Waals surface area (Å²) in [4.78, 5) is 95.7. The molecule has 8 atom stereocenters. The molecule has 2 spiro atoms. The van der Waals surface area contributed by atoms with E-state index in [-0.39, 0.29) is 87.4 Å². The normalized spacial score (nSPS) is 23.0. The van der Waals surface area contributed by atoms with E-state index in [1.165, 1.54) is 4.90 Å². The molecule has 4 aromatic carbocycles. The predicted molar refractivity (Wildman–Crippen MR) is 295 cm³/mol. The van der Waals surface area contributed by atoms with Crippen LogP contribution in [0.2, 0.25) is 0 Å². The highest BCUT2D eigenvalue weighted by atomic mass is 16.6. The Hall–Kier alpha value is -6.46. The standard InChI is InChI=1S/C62H80N6O10/c1-43(2)34-68(52(40-77-38-46-23-13-8-14-24-46)57(72)67-32-20-30-62(42-67)50(36-65(6)60(62)75)48-27-17-10-18-28-48)54(70)33-53(69)58(73)78-55(44(3)4)63-51(39-76-37-45-21-11-7-12-22-45)56(71)66-31-19-29-61(41-66)49(35-64(5)59(61)74)47-25-15-9-16-26-47/h7-18,21-28,43-44,49-53,55,63,69H,19-20,29-42H2,1-6H3/t49-,50-,51-,52-,53?,55?,61-,62-/m1/s1. The molecule has 4 aliphatic rings. The summed E-state index contributed by atoms with van der Waals surface area (Å²) in [6.07, 6.45) is -1.35.